The predicted octanol–water partition coefficient (Wildman–Crippen LogP) is 1.99. The lowest BCUT2D eigenvalue weighted by atomic mass is 9.84. The summed E-state index contributed by atoms with van der Waals surface area (Å²) in [5.74, 6) is 0.634. The van der Waals surface area contributed by atoms with Crippen LogP contribution in [0.25, 0.3) is 6.08 Å². The molecule has 0 radical (unpaired) electrons. The monoisotopic (exact) mass is 355 g/mol. The van der Waals surface area contributed by atoms with Gasteiger partial charge in [-0.2, -0.15) is 5.26 Å². The Balaban J connectivity index is 1.60. The maximum atomic E-state index is 12.4. The van der Waals surface area contributed by atoms with E-state index in [1.54, 1.807) is 30.2 Å². The highest BCUT2D eigenvalue weighted by molar-refractivity contribution is 5.97. The molecule has 2 aliphatic rings. The molecule has 0 spiro atoms. The molecule has 5 nitrogen and oxygen atoms in total. The van der Waals surface area contributed by atoms with Crippen LogP contribution >= 0.6 is 0 Å². The minimum Gasteiger partial charge on any atom is -0.497 e. The third kappa shape index (κ3) is 4.44. The topological polar surface area (TPSA) is 63.8 Å². The van der Waals surface area contributed by atoms with Crippen LogP contribution in [0.2, 0.25) is 0 Å². The molecule has 26 heavy (non-hydrogen) atoms. The Morgan fingerprint density at radius 3 is 2.73 bits per heavy atom. The average molecular weight is 355 g/mol. The zero-order chi connectivity index (χ0) is 18.4. The summed E-state index contributed by atoms with van der Waals surface area (Å²) in [6.07, 6.45) is 7.69. The van der Waals surface area contributed by atoms with Gasteiger partial charge in [0.2, 0.25) is 0 Å². The van der Waals surface area contributed by atoms with Crippen LogP contribution in [0.15, 0.2) is 29.8 Å². The molecular weight excluding hydrogens is 328 g/mol. The van der Waals surface area contributed by atoms with Gasteiger partial charge in [-0.25, -0.2) is 4.79 Å². The molecule has 0 aromatic heterocycles. The van der Waals surface area contributed by atoms with Crippen molar-refractivity contribution < 1.29 is 19.2 Å². The van der Waals surface area contributed by atoms with Gasteiger partial charge in [0.1, 0.15) is 24.0 Å². The summed E-state index contributed by atoms with van der Waals surface area (Å²) >= 11 is 0. The summed E-state index contributed by atoms with van der Waals surface area (Å²) in [5, 5.41) is 9.33. The minimum absolute atomic E-state index is 0.0406. The number of nitrogens with zero attached hydrogens (tertiary/aromatic N) is 1. The van der Waals surface area contributed by atoms with Gasteiger partial charge in [-0.3, -0.25) is 0 Å². The lowest BCUT2D eigenvalue weighted by Gasteiger charge is -2.40. The van der Waals surface area contributed by atoms with E-state index in [2.05, 4.69) is 0 Å². The van der Waals surface area contributed by atoms with E-state index in [1.165, 1.54) is 38.8 Å². The maximum absolute atomic E-state index is 12.4. The molecule has 2 heterocycles. The van der Waals surface area contributed by atoms with E-state index >= 15 is 0 Å². The number of carbonyl (C=O) groups is 1. The SMILES string of the molecule is COc1ccc(/C=C(\C#N)C(=O)OC[C@H]2CCC[NH+]3CCCC[C@H]23)cc1. The second-order valence-corrected chi connectivity index (χ2v) is 7.20. The quantitative estimate of drug-likeness (QED) is 0.498. The van der Waals surface area contributed by atoms with E-state index in [-0.39, 0.29) is 5.57 Å². The molecule has 0 amide bonds. The van der Waals surface area contributed by atoms with Gasteiger partial charge in [-0.1, -0.05) is 12.1 Å². The van der Waals surface area contributed by atoms with Gasteiger partial charge in [0.15, 0.2) is 0 Å². The molecule has 1 aromatic carbocycles. The Bertz CT molecular complexity index is 688. The van der Waals surface area contributed by atoms with E-state index in [0.717, 1.165) is 17.7 Å². The van der Waals surface area contributed by atoms with Crippen LogP contribution in [0.5, 0.6) is 5.75 Å². The van der Waals surface area contributed by atoms with E-state index in [4.69, 9.17) is 9.47 Å². The second-order valence-electron chi connectivity index (χ2n) is 7.20. The fourth-order valence-corrected chi connectivity index (χ4v) is 4.24. The van der Waals surface area contributed by atoms with Crippen LogP contribution in [0.1, 0.15) is 37.7 Å². The number of methoxy groups -OCH3 is 1. The van der Waals surface area contributed by atoms with E-state index in [1.807, 2.05) is 18.2 Å². The van der Waals surface area contributed by atoms with Gasteiger partial charge in [0.05, 0.1) is 26.2 Å². The molecule has 138 valence electrons. The molecule has 0 bridgehead atoms. The molecule has 2 aliphatic heterocycles. The summed E-state index contributed by atoms with van der Waals surface area (Å²) in [6.45, 7) is 2.92. The van der Waals surface area contributed by atoms with Crippen molar-refractivity contribution in [3.63, 3.8) is 0 Å². The smallest absolute Gasteiger partial charge is 0.348 e. The molecule has 1 unspecified atom stereocenters. The van der Waals surface area contributed by atoms with Gasteiger partial charge in [0.25, 0.3) is 0 Å². The lowest BCUT2D eigenvalue weighted by molar-refractivity contribution is -0.940. The Kier molecular flexibility index (Phi) is 6.30. The first-order valence-electron chi connectivity index (χ1n) is 9.49. The predicted molar refractivity (Wildman–Crippen MR) is 98.6 cm³/mol. The van der Waals surface area contributed by atoms with Crippen LogP contribution in [0.3, 0.4) is 0 Å². The summed E-state index contributed by atoms with van der Waals surface area (Å²) in [4.78, 5) is 14.0. The number of rotatable bonds is 5. The average Bonchev–Trinajstić information content (AvgIpc) is 2.70. The maximum Gasteiger partial charge on any atom is 0.348 e. The van der Waals surface area contributed by atoms with Crippen molar-refractivity contribution >= 4 is 12.0 Å². The summed E-state index contributed by atoms with van der Waals surface area (Å²) in [5.41, 5.74) is 0.818. The zero-order valence-corrected chi connectivity index (χ0v) is 15.4. The number of quaternary nitrogens is 1. The molecule has 2 fully saturated rings. The van der Waals surface area contributed by atoms with Crippen LogP contribution in [0, 0.1) is 17.2 Å². The number of nitrogens with one attached hydrogen (secondary N) is 1. The molecular formula is C21H27N2O3+. The third-order valence-corrected chi connectivity index (χ3v) is 5.62. The molecule has 0 aliphatic carbocycles. The summed E-state index contributed by atoms with van der Waals surface area (Å²) in [7, 11) is 1.60. The minimum atomic E-state index is -0.522. The fraction of sp³-hybridized carbons (Fsp3) is 0.524. The molecule has 2 saturated heterocycles. The van der Waals surface area contributed by atoms with Crippen molar-refractivity contribution in [2.24, 2.45) is 5.92 Å². The number of ether oxygens (including phenoxy) is 2. The molecule has 1 N–H and O–H groups in total. The first-order valence-corrected chi connectivity index (χ1v) is 9.49. The first kappa shape index (κ1) is 18.5. The van der Waals surface area contributed by atoms with Crippen molar-refractivity contribution in [3.8, 4) is 11.8 Å². The van der Waals surface area contributed by atoms with Gasteiger partial charge >= 0.3 is 5.97 Å². The molecule has 3 atom stereocenters. The normalized spacial score (nSPS) is 25.7. The van der Waals surface area contributed by atoms with Gasteiger partial charge < -0.3 is 14.4 Å². The Morgan fingerprint density at radius 2 is 2.00 bits per heavy atom. The molecule has 1 aromatic rings. The Hall–Kier alpha value is -2.32. The van der Waals surface area contributed by atoms with Gasteiger partial charge in [-0.05, 0) is 55.9 Å². The Labute approximate surface area is 155 Å². The summed E-state index contributed by atoms with van der Waals surface area (Å²) in [6, 6.07) is 9.81. The number of carbonyl (C=O) groups excluding carboxylic acids is 1. The number of benzene rings is 1. The summed E-state index contributed by atoms with van der Waals surface area (Å²) < 4.78 is 10.7. The number of piperidine rings is 2. The van der Waals surface area contributed by atoms with E-state index in [0.29, 0.717) is 18.6 Å². The van der Waals surface area contributed by atoms with E-state index < -0.39 is 5.97 Å². The van der Waals surface area contributed by atoms with Crippen molar-refractivity contribution in [1.29, 1.82) is 5.26 Å². The number of hydrogen-bond acceptors (Lipinski definition) is 4. The standard InChI is InChI=1S/C21H26N2O3/c1-25-19-9-7-16(8-10-19)13-18(14-22)21(24)26-15-17-5-4-12-23-11-3-2-6-20(17)23/h7-10,13,17,20H,2-6,11-12,15H2,1H3/p+1/b18-13+/t17-,20-/m1/s1. The Morgan fingerprint density at radius 1 is 1.23 bits per heavy atom. The fourth-order valence-electron chi connectivity index (χ4n) is 4.24. The number of hydrogen-bond donors (Lipinski definition) is 1. The van der Waals surface area contributed by atoms with Gasteiger partial charge in [0, 0.05) is 5.92 Å². The van der Waals surface area contributed by atoms with Crippen LogP contribution in [-0.2, 0) is 9.53 Å². The van der Waals surface area contributed by atoms with Gasteiger partial charge in [-0.15, -0.1) is 0 Å². The van der Waals surface area contributed by atoms with Crippen molar-refractivity contribution in [3.05, 3.63) is 35.4 Å². The molecule has 5 heteroatoms. The highest BCUT2D eigenvalue weighted by Crippen LogP contribution is 2.21. The van der Waals surface area contributed by atoms with Crippen LogP contribution in [-0.4, -0.2) is 38.8 Å². The van der Waals surface area contributed by atoms with Crippen molar-refractivity contribution in [2.45, 2.75) is 38.1 Å². The second kappa shape index (κ2) is 8.86. The molecule has 0 saturated carbocycles. The number of nitriles is 1. The molecule has 3 rings (SSSR count). The number of fused-ring (bicyclic) bond motifs is 1. The van der Waals surface area contributed by atoms with Crippen molar-refractivity contribution in [1.82, 2.24) is 0 Å². The highest BCUT2D eigenvalue weighted by atomic mass is 16.5. The highest BCUT2D eigenvalue weighted by Gasteiger charge is 2.37. The lowest BCUT2D eigenvalue weighted by Crippen LogP contribution is -3.18. The largest absolute Gasteiger partial charge is 0.497 e. The third-order valence-electron chi connectivity index (χ3n) is 5.62. The zero-order valence-electron chi connectivity index (χ0n) is 15.4. The number of esters is 1. The van der Waals surface area contributed by atoms with E-state index in [9.17, 15) is 10.1 Å². The first-order chi connectivity index (χ1) is 12.7. The van der Waals surface area contributed by atoms with Crippen molar-refractivity contribution in [2.75, 3.05) is 26.8 Å². The van der Waals surface area contributed by atoms with Crippen LogP contribution in [0.4, 0.5) is 0 Å². The van der Waals surface area contributed by atoms with Crippen LogP contribution < -0.4 is 9.64 Å².